The molecule has 2 aliphatic heterocycles. The summed E-state index contributed by atoms with van der Waals surface area (Å²) in [6, 6.07) is 7.90. The number of rotatable bonds is 3. The van der Waals surface area contributed by atoms with E-state index >= 15 is 0 Å². The van der Waals surface area contributed by atoms with Gasteiger partial charge >= 0.3 is 0 Å². The van der Waals surface area contributed by atoms with Crippen LogP contribution in [0.2, 0.25) is 0 Å². The number of nitrogens with zero attached hydrogens (tertiary/aromatic N) is 1. The normalized spacial score (nSPS) is 27.2. The first-order valence-electron chi connectivity index (χ1n) is 9.96. The molecule has 3 aliphatic rings. The second-order valence-electron chi connectivity index (χ2n) is 7.57. The summed E-state index contributed by atoms with van der Waals surface area (Å²) in [5, 5.41) is 6.59. The van der Waals surface area contributed by atoms with Gasteiger partial charge in [-0.2, -0.15) is 0 Å². The van der Waals surface area contributed by atoms with Gasteiger partial charge in [0.1, 0.15) is 0 Å². The quantitative estimate of drug-likeness (QED) is 0.866. The molecule has 1 aliphatic carbocycles. The fraction of sp³-hybridized carbons (Fsp3) is 0.455. The third-order valence-electron chi connectivity index (χ3n) is 6.09. The van der Waals surface area contributed by atoms with Crippen LogP contribution in [0.4, 0.5) is 0 Å². The predicted octanol–water partition coefficient (Wildman–Crippen LogP) is 2.91. The third kappa shape index (κ3) is 2.95. The number of amides is 2. The highest BCUT2D eigenvalue weighted by atomic mass is 16.2. The highest BCUT2D eigenvalue weighted by molar-refractivity contribution is 5.99. The molecule has 1 fully saturated rings. The van der Waals surface area contributed by atoms with Crippen LogP contribution in [0.5, 0.6) is 0 Å². The van der Waals surface area contributed by atoms with E-state index in [9.17, 15) is 9.59 Å². The molecule has 5 nitrogen and oxygen atoms in total. The second-order valence-corrected chi connectivity index (χ2v) is 7.57. The van der Waals surface area contributed by atoms with Crippen LogP contribution >= 0.6 is 0 Å². The molecular formula is C22H27N3O2. The van der Waals surface area contributed by atoms with Crippen LogP contribution in [0.1, 0.15) is 56.2 Å². The molecule has 1 saturated carbocycles. The second kappa shape index (κ2) is 7.22. The molecule has 0 radical (unpaired) electrons. The Morgan fingerprint density at radius 3 is 2.85 bits per heavy atom. The summed E-state index contributed by atoms with van der Waals surface area (Å²) < 4.78 is 0. The lowest BCUT2D eigenvalue weighted by molar-refractivity contribution is -0.136. The fourth-order valence-corrected chi connectivity index (χ4v) is 4.84. The molecule has 142 valence electrons. The first-order chi connectivity index (χ1) is 13.2. The van der Waals surface area contributed by atoms with Crippen LogP contribution in [-0.4, -0.2) is 35.3 Å². The fourth-order valence-electron chi connectivity index (χ4n) is 4.84. The zero-order valence-corrected chi connectivity index (χ0v) is 15.8. The van der Waals surface area contributed by atoms with Crippen LogP contribution in [0, 0.1) is 0 Å². The van der Waals surface area contributed by atoms with Crippen LogP contribution < -0.4 is 10.6 Å². The number of hydrogen-bond donors (Lipinski definition) is 2. The summed E-state index contributed by atoms with van der Waals surface area (Å²) in [5.41, 5.74) is 3.59. The highest BCUT2D eigenvalue weighted by Gasteiger charge is 2.46. The van der Waals surface area contributed by atoms with E-state index in [0.29, 0.717) is 18.5 Å². The number of benzene rings is 1. The van der Waals surface area contributed by atoms with Gasteiger partial charge in [-0.25, -0.2) is 0 Å². The van der Waals surface area contributed by atoms with Gasteiger partial charge in [-0.1, -0.05) is 56.7 Å². The summed E-state index contributed by atoms with van der Waals surface area (Å²) in [5.74, 6) is 0.0277. The van der Waals surface area contributed by atoms with Crippen molar-refractivity contribution >= 4 is 17.9 Å². The van der Waals surface area contributed by atoms with Crippen molar-refractivity contribution in [1.29, 1.82) is 0 Å². The van der Waals surface area contributed by atoms with E-state index in [2.05, 4.69) is 17.2 Å². The summed E-state index contributed by atoms with van der Waals surface area (Å²) in [6.45, 7) is 6.36. The molecule has 0 aromatic heterocycles. The van der Waals surface area contributed by atoms with E-state index in [1.54, 1.807) is 0 Å². The van der Waals surface area contributed by atoms with Crippen molar-refractivity contribution in [2.45, 2.75) is 57.2 Å². The standard InChI is InChI=1S/C22H27N3O2/c1-3-14-9-5-6-10-15(14)21-20-17(13-23-22(20)27)24-16-11-7-8-12-18(16)25(21)19(26)4-2/h3,5-6,9-10,16,18,21,24H,1,4,7-8,11-13H2,2H3,(H,23,27)/t16-,18-,21-/m1/s1. The van der Waals surface area contributed by atoms with E-state index in [1.165, 1.54) is 0 Å². The van der Waals surface area contributed by atoms with Crippen molar-refractivity contribution in [2.75, 3.05) is 6.54 Å². The molecule has 2 N–H and O–H groups in total. The Labute approximate surface area is 160 Å². The molecule has 27 heavy (non-hydrogen) atoms. The zero-order valence-electron chi connectivity index (χ0n) is 15.8. The Balaban J connectivity index is 1.93. The van der Waals surface area contributed by atoms with Crippen LogP contribution in [0.15, 0.2) is 42.1 Å². The Hall–Kier alpha value is -2.56. The first kappa shape index (κ1) is 17.8. The van der Waals surface area contributed by atoms with E-state index in [1.807, 2.05) is 42.2 Å². The van der Waals surface area contributed by atoms with Crippen LogP contribution in [-0.2, 0) is 9.59 Å². The van der Waals surface area contributed by atoms with Gasteiger partial charge in [0.2, 0.25) is 5.91 Å². The number of carbonyl (C=O) groups excluding carboxylic acids is 2. The lowest BCUT2D eigenvalue weighted by Crippen LogP contribution is -2.53. The van der Waals surface area contributed by atoms with Gasteiger partial charge in [0.25, 0.3) is 5.91 Å². The highest BCUT2D eigenvalue weighted by Crippen LogP contribution is 2.41. The summed E-state index contributed by atoms with van der Waals surface area (Å²) in [7, 11) is 0. The summed E-state index contributed by atoms with van der Waals surface area (Å²) in [6.07, 6.45) is 6.51. The lowest BCUT2D eigenvalue weighted by atomic mass is 9.86. The summed E-state index contributed by atoms with van der Waals surface area (Å²) in [4.78, 5) is 28.0. The molecular weight excluding hydrogens is 338 g/mol. The van der Waals surface area contributed by atoms with Gasteiger partial charge in [0.15, 0.2) is 0 Å². The lowest BCUT2D eigenvalue weighted by Gasteiger charge is -2.43. The Bertz CT molecular complexity index is 814. The molecule has 0 unspecified atom stereocenters. The molecule has 0 spiro atoms. The van der Waals surface area contributed by atoms with Gasteiger partial charge in [-0.3, -0.25) is 9.59 Å². The van der Waals surface area contributed by atoms with Gasteiger partial charge in [0, 0.05) is 18.2 Å². The van der Waals surface area contributed by atoms with Crippen molar-refractivity contribution in [3.63, 3.8) is 0 Å². The molecule has 2 heterocycles. The monoisotopic (exact) mass is 365 g/mol. The Morgan fingerprint density at radius 2 is 2.07 bits per heavy atom. The molecule has 0 bridgehead atoms. The number of hydrogen-bond acceptors (Lipinski definition) is 3. The first-order valence-corrected chi connectivity index (χ1v) is 9.96. The number of fused-ring (bicyclic) bond motifs is 1. The maximum absolute atomic E-state index is 13.2. The molecule has 0 saturated heterocycles. The average molecular weight is 365 g/mol. The van der Waals surface area contributed by atoms with Gasteiger partial charge < -0.3 is 15.5 Å². The van der Waals surface area contributed by atoms with Gasteiger partial charge in [0.05, 0.1) is 24.2 Å². The van der Waals surface area contributed by atoms with Crippen molar-refractivity contribution in [3.05, 3.63) is 53.2 Å². The van der Waals surface area contributed by atoms with E-state index in [-0.39, 0.29) is 29.9 Å². The van der Waals surface area contributed by atoms with Crippen molar-refractivity contribution in [3.8, 4) is 0 Å². The maximum atomic E-state index is 13.2. The van der Waals surface area contributed by atoms with Crippen molar-refractivity contribution in [2.24, 2.45) is 0 Å². The van der Waals surface area contributed by atoms with E-state index < -0.39 is 0 Å². The summed E-state index contributed by atoms with van der Waals surface area (Å²) >= 11 is 0. The molecule has 1 aromatic carbocycles. The minimum absolute atomic E-state index is 0.0751. The van der Waals surface area contributed by atoms with Crippen molar-refractivity contribution in [1.82, 2.24) is 15.5 Å². The van der Waals surface area contributed by atoms with E-state index in [0.717, 1.165) is 42.5 Å². The smallest absolute Gasteiger partial charge is 0.251 e. The molecule has 4 rings (SSSR count). The zero-order chi connectivity index (χ0) is 19.0. The van der Waals surface area contributed by atoms with Crippen LogP contribution in [0.3, 0.4) is 0 Å². The molecule has 5 heteroatoms. The van der Waals surface area contributed by atoms with Gasteiger partial charge in [-0.15, -0.1) is 0 Å². The maximum Gasteiger partial charge on any atom is 0.251 e. The Morgan fingerprint density at radius 1 is 1.30 bits per heavy atom. The molecule has 3 atom stereocenters. The van der Waals surface area contributed by atoms with Crippen LogP contribution in [0.25, 0.3) is 6.08 Å². The number of carbonyl (C=O) groups is 2. The Kier molecular flexibility index (Phi) is 4.77. The van der Waals surface area contributed by atoms with Gasteiger partial charge in [-0.05, 0) is 24.0 Å². The number of nitrogens with one attached hydrogen (secondary N) is 2. The predicted molar refractivity (Wildman–Crippen MR) is 106 cm³/mol. The van der Waals surface area contributed by atoms with E-state index in [4.69, 9.17) is 0 Å². The minimum atomic E-state index is -0.371. The largest absolute Gasteiger partial charge is 0.382 e. The SMILES string of the molecule is C=Cc1ccccc1[C@@H]1C2=C(CNC2=O)N[C@@H]2CCCC[C@H]2N1C(=O)CC. The van der Waals surface area contributed by atoms with Crippen molar-refractivity contribution < 1.29 is 9.59 Å². The average Bonchev–Trinajstić information content (AvgIpc) is 2.98. The topological polar surface area (TPSA) is 61.4 Å². The molecule has 1 aromatic rings. The third-order valence-corrected chi connectivity index (χ3v) is 6.09. The molecule has 2 amide bonds. The minimum Gasteiger partial charge on any atom is -0.382 e.